The molecule has 5 nitrogen and oxygen atoms in total. The third-order valence-corrected chi connectivity index (χ3v) is 1.59. The topological polar surface area (TPSA) is 68.1 Å². The standard InChI is InChI=1S/C10H8N2O3/c1-2-15-10-8(11-6-13)4-3-5-9(10)12-7-14/h3-5H,2H2,1H3. The van der Waals surface area contributed by atoms with Gasteiger partial charge in [-0.25, -0.2) is 9.59 Å². The van der Waals surface area contributed by atoms with Crippen molar-refractivity contribution in [1.82, 2.24) is 0 Å². The van der Waals surface area contributed by atoms with Crippen LogP contribution in [0.25, 0.3) is 0 Å². The number of isocyanates is 2. The summed E-state index contributed by atoms with van der Waals surface area (Å²) in [5, 5.41) is 0. The molecule has 0 aliphatic carbocycles. The molecular weight excluding hydrogens is 196 g/mol. The van der Waals surface area contributed by atoms with Gasteiger partial charge in [0.2, 0.25) is 12.2 Å². The van der Waals surface area contributed by atoms with Gasteiger partial charge in [0.05, 0.1) is 6.61 Å². The van der Waals surface area contributed by atoms with Crippen LogP contribution in [0.15, 0.2) is 28.2 Å². The van der Waals surface area contributed by atoms with Gasteiger partial charge in [-0.3, -0.25) is 0 Å². The average Bonchev–Trinajstić information content (AvgIpc) is 2.23. The van der Waals surface area contributed by atoms with Crippen LogP contribution in [0, 0.1) is 0 Å². The van der Waals surface area contributed by atoms with Gasteiger partial charge in [-0.05, 0) is 19.1 Å². The first kappa shape index (κ1) is 10.9. The number of nitrogens with zero attached hydrogens (tertiary/aromatic N) is 2. The van der Waals surface area contributed by atoms with Crippen LogP contribution in [0.4, 0.5) is 11.4 Å². The van der Waals surface area contributed by atoms with Crippen LogP contribution in [0.5, 0.6) is 5.75 Å². The predicted molar refractivity (Wildman–Crippen MR) is 53.2 cm³/mol. The van der Waals surface area contributed by atoms with Gasteiger partial charge >= 0.3 is 0 Å². The molecule has 0 radical (unpaired) electrons. The van der Waals surface area contributed by atoms with E-state index in [-0.39, 0.29) is 5.75 Å². The molecule has 1 aromatic rings. The van der Waals surface area contributed by atoms with Crippen molar-refractivity contribution in [2.45, 2.75) is 6.92 Å². The summed E-state index contributed by atoms with van der Waals surface area (Å²) in [5.41, 5.74) is 0.590. The molecule has 0 aliphatic rings. The van der Waals surface area contributed by atoms with Crippen molar-refractivity contribution < 1.29 is 14.3 Å². The normalized spacial score (nSPS) is 8.60. The second-order valence-electron chi connectivity index (χ2n) is 2.46. The molecule has 0 bridgehead atoms. The van der Waals surface area contributed by atoms with Crippen molar-refractivity contribution in [1.29, 1.82) is 0 Å². The van der Waals surface area contributed by atoms with Crippen LogP contribution in [0.3, 0.4) is 0 Å². The summed E-state index contributed by atoms with van der Waals surface area (Å²) >= 11 is 0. The lowest BCUT2D eigenvalue weighted by Crippen LogP contribution is -1.92. The molecular formula is C10H8N2O3. The lowest BCUT2D eigenvalue weighted by molar-refractivity contribution is 0.342. The Balaban J connectivity index is 3.32. The third-order valence-electron chi connectivity index (χ3n) is 1.59. The molecule has 15 heavy (non-hydrogen) atoms. The highest BCUT2D eigenvalue weighted by Gasteiger charge is 2.08. The van der Waals surface area contributed by atoms with E-state index in [1.54, 1.807) is 25.1 Å². The molecule has 0 aromatic heterocycles. The van der Waals surface area contributed by atoms with Crippen LogP contribution >= 0.6 is 0 Å². The summed E-state index contributed by atoms with van der Waals surface area (Å²) in [6.45, 7) is 2.16. The van der Waals surface area contributed by atoms with Crippen LogP contribution in [-0.2, 0) is 9.59 Å². The number of para-hydroxylation sites is 1. The molecule has 0 spiro atoms. The average molecular weight is 204 g/mol. The number of ether oxygens (including phenoxy) is 1. The van der Waals surface area contributed by atoms with Gasteiger partial charge in [-0.15, -0.1) is 0 Å². The fourth-order valence-electron chi connectivity index (χ4n) is 1.08. The first-order chi connectivity index (χ1) is 7.33. The molecule has 76 valence electrons. The van der Waals surface area contributed by atoms with Crippen LogP contribution in [0.1, 0.15) is 6.92 Å². The largest absolute Gasteiger partial charge is 0.489 e. The SMILES string of the molecule is CCOc1c(N=C=O)cccc1N=C=O. The number of rotatable bonds is 4. The third kappa shape index (κ3) is 2.61. The molecule has 0 saturated carbocycles. The molecule has 1 aromatic carbocycles. The molecule has 0 fully saturated rings. The lowest BCUT2D eigenvalue weighted by Gasteiger charge is -2.07. The van der Waals surface area contributed by atoms with E-state index in [1.807, 2.05) is 0 Å². The Hall–Kier alpha value is -2.22. The Labute approximate surface area is 86.1 Å². The van der Waals surface area contributed by atoms with E-state index in [4.69, 9.17) is 4.74 Å². The van der Waals surface area contributed by atoms with Crippen LogP contribution in [-0.4, -0.2) is 18.8 Å². The van der Waals surface area contributed by atoms with Crippen molar-refractivity contribution in [3.8, 4) is 5.75 Å². The van der Waals surface area contributed by atoms with Gasteiger partial charge in [0, 0.05) is 0 Å². The van der Waals surface area contributed by atoms with Gasteiger partial charge in [-0.2, -0.15) is 9.98 Å². The molecule has 0 N–H and O–H groups in total. The number of benzene rings is 1. The van der Waals surface area contributed by atoms with Gasteiger partial charge in [0.25, 0.3) is 0 Å². The van der Waals surface area contributed by atoms with E-state index in [0.717, 1.165) is 0 Å². The number of hydrogen-bond acceptors (Lipinski definition) is 5. The minimum absolute atomic E-state index is 0.284. The summed E-state index contributed by atoms with van der Waals surface area (Å²) in [5.74, 6) is 0.284. The predicted octanol–water partition coefficient (Wildman–Crippen LogP) is 2.02. The fraction of sp³-hybridized carbons (Fsp3) is 0.200. The molecule has 0 saturated heterocycles. The van der Waals surface area contributed by atoms with Gasteiger partial charge in [-0.1, -0.05) is 6.07 Å². The molecule has 1 rings (SSSR count). The highest BCUT2D eigenvalue weighted by atomic mass is 16.5. The quantitative estimate of drug-likeness (QED) is 0.556. The summed E-state index contributed by atoms with van der Waals surface area (Å²) in [7, 11) is 0. The molecule has 0 amide bonds. The first-order valence-electron chi connectivity index (χ1n) is 4.25. The van der Waals surface area contributed by atoms with Gasteiger partial charge in [0.1, 0.15) is 11.4 Å². The summed E-state index contributed by atoms with van der Waals surface area (Å²) in [6.07, 6.45) is 2.81. The molecule has 0 heterocycles. The zero-order chi connectivity index (χ0) is 11.1. The minimum Gasteiger partial charge on any atom is -0.489 e. The number of hydrogen-bond donors (Lipinski definition) is 0. The van der Waals surface area contributed by atoms with Crippen molar-refractivity contribution in [2.75, 3.05) is 6.61 Å². The summed E-state index contributed by atoms with van der Waals surface area (Å²) in [4.78, 5) is 27.2. The zero-order valence-corrected chi connectivity index (χ0v) is 8.06. The van der Waals surface area contributed by atoms with Gasteiger partial charge in [0.15, 0.2) is 5.75 Å². The molecule has 0 aliphatic heterocycles. The molecule has 5 heteroatoms. The zero-order valence-electron chi connectivity index (χ0n) is 8.06. The highest BCUT2D eigenvalue weighted by molar-refractivity contribution is 5.70. The van der Waals surface area contributed by atoms with E-state index in [2.05, 4.69) is 9.98 Å². The Bertz CT molecular complexity index is 408. The summed E-state index contributed by atoms with van der Waals surface area (Å²) < 4.78 is 5.23. The maximum Gasteiger partial charge on any atom is 0.240 e. The monoisotopic (exact) mass is 204 g/mol. The number of carbonyl (C=O) groups excluding carboxylic acids is 2. The lowest BCUT2D eigenvalue weighted by atomic mass is 10.2. The Morgan fingerprint density at radius 3 is 2.13 bits per heavy atom. The Morgan fingerprint density at radius 2 is 1.73 bits per heavy atom. The second-order valence-corrected chi connectivity index (χ2v) is 2.46. The fourth-order valence-corrected chi connectivity index (χ4v) is 1.08. The van der Waals surface area contributed by atoms with E-state index in [1.165, 1.54) is 12.2 Å². The van der Waals surface area contributed by atoms with Crippen molar-refractivity contribution in [2.24, 2.45) is 9.98 Å². The second kappa shape index (κ2) is 5.50. The van der Waals surface area contributed by atoms with Crippen molar-refractivity contribution in [3.05, 3.63) is 18.2 Å². The van der Waals surface area contributed by atoms with E-state index in [9.17, 15) is 9.59 Å². The minimum atomic E-state index is 0.284. The Kier molecular flexibility index (Phi) is 3.98. The maximum absolute atomic E-state index is 10.1. The van der Waals surface area contributed by atoms with E-state index >= 15 is 0 Å². The summed E-state index contributed by atoms with van der Waals surface area (Å²) in [6, 6.07) is 4.74. The van der Waals surface area contributed by atoms with Crippen molar-refractivity contribution >= 4 is 23.5 Å². The Morgan fingerprint density at radius 1 is 1.20 bits per heavy atom. The smallest absolute Gasteiger partial charge is 0.240 e. The molecule has 0 atom stereocenters. The van der Waals surface area contributed by atoms with E-state index < -0.39 is 0 Å². The maximum atomic E-state index is 10.1. The molecule has 0 unspecified atom stereocenters. The van der Waals surface area contributed by atoms with Crippen LogP contribution in [0.2, 0.25) is 0 Å². The van der Waals surface area contributed by atoms with Crippen molar-refractivity contribution in [3.63, 3.8) is 0 Å². The first-order valence-corrected chi connectivity index (χ1v) is 4.25. The van der Waals surface area contributed by atoms with Gasteiger partial charge < -0.3 is 4.74 Å². The van der Waals surface area contributed by atoms with E-state index in [0.29, 0.717) is 18.0 Å². The number of aliphatic imine (C=N–C) groups is 2. The highest BCUT2D eigenvalue weighted by Crippen LogP contribution is 2.36. The van der Waals surface area contributed by atoms with Crippen LogP contribution < -0.4 is 4.74 Å².